The maximum absolute atomic E-state index is 11.5. The van der Waals surface area contributed by atoms with Gasteiger partial charge < -0.3 is 15.8 Å². The van der Waals surface area contributed by atoms with Gasteiger partial charge >= 0.3 is 0 Å². The van der Waals surface area contributed by atoms with Crippen molar-refractivity contribution in [3.05, 3.63) is 0 Å². The number of amides is 1. The average Bonchev–Trinajstić information content (AvgIpc) is 2.23. The first kappa shape index (κ1) is 15.3. The van der Waals surface area contributed by atoms with E-state index in [1.807, 2.05) is 13.8 Å². The van der Waals surface area contributed by atoms with Crippen molar-refractivity contribution in [3.8, 4) is 0 Å². The van der Waals surface area contributed by atoms with Crippen molar-refractivity contribution in [3.63, 3.8) is 0 Å². The second-order valence-corrected chi connectivity index (χ2v) is 4.08. The highest BCUT2D eigenvalue weighted by atomic mass is 32.1. The van der Waals surface area contributed by atoms with Gasteiger partial charge in [-0.05, 0) is 19.8 Å². The number of ether oxygens (including phenoxy) is 1. The van der Waals surface area contributed by atoms with Gasteiger partial charge in [-0.15, -0.1) is 0 Å². The standard InChI is InChI=1S/C11H22N2O2S/c1-3-6-9(11(12)16)13-10(14)7-5-8-15-4-2/h9H,3-8H2,1-2H3,(H2,12,16)(H,13,14). The Kier molecular flexibility index (Phi) is 9.13. The Balaban J connectivity index is 3.77. The lowest BCUT2D eigenvalue weighted by atomic mass is 10.1. The van der Waals surface area contributed by atoms with Crippen molar-refractivity contribution in [1.82, 2.24) is 5.32 Å². The zero-order valence-corrected chi connectivity index (χ0v) is 10.9. The predicted octanol–water partition coefficient (Wildman–Crippen LogP) is 1.37. The molecule has 1 amide bonds. The van der Waals surface area contributed by atoms with E-state index < -0.39 is 0 Å². The van der Waals surface area contributed by atoms with Crippen molar-refractivity contribution in [1.29, 1.82) is 0 Å². The molecule has 0 aromatic carbocycles. The van der Waals surface area contributed by atoms with Gasteiger partial charge in [0.15, 0.2) is 0 Å². The number of nitrogens with one attached hydrogen (secondary N) is 1. The Morgan fingerprint density at radius 1 is 1.50 bits per heavy atom. The van der Waals surface area contributed by atoms with Crippen molar-refractivity contribution in [2.75, 3.05) is 13.2 Å². The molecular formula is C11H22N2O2S. The van der Waals surface area contributed by atoms with Gasteiger partial charge in [-0.25, -0.2) is 0 Å². The zero-order valence-electron chi connectivity index (χ0n) is 10.1. The molecule has 0 fully saturated rings. The first-order chi connectivity index (χ1) is 7.61. The summed E-state index contributed by atoms with van der Waals surface area (Å²) in [4.78, 5) is 11.9. The smallest absolute Gasteiger partial charge is 0.220 e. The average molecular weight is 246 g/mol. The minimum atomic E-state index is -0.167. The Bertz CT molecular complexity index is 222. The zero-order chi connectivity index (χ0) is 12.4. The van der Waals surface area contributed by atoms with E-state index >= 15 is 0 Å². The molecule has 0 saturated carbocycles. The van der Waals surface area contributed by atoms with Crippen LogP contribution >= 0.6 is 12.2 Å². The number of carbonyl (C=O) groups excluding carboxylic acids is 1. The number of carbonyl (C=O) groups is 1. The van der Waals surface area contributed by atoms with E-state index in [0.717, 1.165) is 19.3 Å². The molecule has 3 N–H and O–H groups in total. The summed E-state index contributed by atoms with van der Waals surface area (Å²) < 4.78 is 5.15. The molecule has 0 bridgehead atoms. The van der Waals surface area contributed by atoms with E-state index in [2.05, 4.69) is 5.32 Å². The number of thiocarbonyl (C=S) groups is 1. The molecule has 5 heteroatoms. The topological polar surface area (TPSA) is 64.3 Å². The summed E-state index contributed by atoms with van der Waals surface area (Å²) in [7, 11) is 0. The van der Waals surface area contributed by atoms with Gasteiger partial charge in [0.05, 0.1) is 11.0 Å². The monoisotopic (exact) mass is 246 g/mol. The number of hydrogen-bond acceptors (Lipinski definition) is 3. The highest BCUT2D eigenvalue weighted by molar-refractivity contribution is 7.80. The van der Waals surface area contributed by atoms with Crippen LogP contribution in [0.3, 0.4) is 0 Å². The molecule has 0 rings (SSSR count). The minimum Gasteiger partial charge on any atom is -0.392 e. The molecule has 0 aromatic rings. The van der Waals surface area contributed by atoms with E-state index in [9.17, 15) is 4.79 Å². The first-order valence-corrected chi connectivity index (χ1v) is 6.19. The number of hydrogen-bond donors (Lipinski definition) is 2. The Hall–Kier alpha value is -0.680. The third kappa shape index (κ3) is 7.59. The van der Waals surface area contributed by atoms with Crippen LogP contribution in [0, 0.1) is 0 Å². The van der Waals surface area contributed by atoms with Gasteiger partial charge in [0, 0.05) is 19.6 Å². The molecule has 0 aromatic heterocycles. The van der Waals surface area contributed by atoms with E-state index in [1.165, 1.54) is 0 Å². The maximum atomic E-state index is 11.5. The summed E-state index contributed by atoms with van der Waals surface area (Å²) in [6.07, 6.45) is 2.94. The summed E-state index contributed by atoms with van der Waals surface area (Å²) in [5.74, 6) is -0.00838. The van der Waals surface area contributed by atoms with Gasteiger partial charge in [0.2, 0.25) is 5.91 Å². The van der Waals surface area contributed by atoms with Crippen LogP contribution in [0.25, 0.3) is 0 Å². The number of rotatable bonds is 9. The van der Waals surface area contributed by atoms with Gasteiger partial charge in [-0.1, -0.05) is 25.6 Å². The number of nitrogens with two attached hydrogens (primary N) is 1. The van der Waals surface area contributed by atoms with E-state index in [4.69, 9.17) is 22.7 Å². The van der Waals surface area contributed by atoms with Gasteiger partial charge in [-0.3, -0.25) is 4.79 Å². The molecule has 16 heavy (non-hydrogen) atoms. The summed E-state index contributed by atoms with van der Waals surface area (Å²) in [6.45, 7) is 5.28. The molecular weight excluding hydrogens is 224 g/mol. The van der Waals surface area contributed by atoms with Crippen LogP contribution in [-0.4, -0.2) is 30.2 Å². The quantitative estimate of drug-likeness (QED) is 0.476. The summed E-state index contributed by atoms with van der Waals surface area (Å²) in [6, 6.07) is -0.167. The molecule has 0 heterocycles. The van der Waals surface area contributed by atoms with E-state index in [1.54, 1.807) is 0 Å². The van der Waals surface area contributed by atoms with Crippen LogP contribution < -0.4 is 11.1 Å². The normalized spacial score (nSPS) is 12.1. The minimum absolute atomic E-state index is 0.00838. The molecule has 0 aliphatic carbocycles. The molecule has 0 radical (unpaired) electrons. The second kappa shape index (κ2) is 9.54. The molecule has 0 aliphatic heterocycles. The fourth-order valence-electron chi connectivity index (χ4n) is 1.32. The van der Waals surface area contributed by atoms with Crippen molar-refractivity contribution in [2.24, 2.45) is 5.73 Å². The molecule has 1 atom stereocenters. The molecule has 0 saturated heterocycles. The maximum Gasteiger partial charge on any atom is 0.220 e. The predicted molar refractivity (Wildman–Crippen MR) is 69.4 cm³/mol. The Morgan fingerprint density at radius 3 is 2.69 bits per heavy atom. The van der Waals surface area contributed by atoms with Crippen molar-refractivity contribution < 1.29 is 9.53 Å². The van der Waals surface area contributed by atoms with Gasteiger partial charge in [0.1, 0.15) is 0 Å². The molecule has 94 valence electrons. The lowest BCUT2D eigenvalue weighted by Gasteiger charge is -2.16. The fourth-order valence-corrected chi connectivity index (χ4v) is 1.50. The molecule has 0 aliphatic rings. The lowest BCUT2D eigenvalue weighted by Crippen LogP contribution is -2.43. The first-order valence-electron chi connectivity index (χ1n) is 5.78. The molecule has 1 unspecified atom stereocenters. The Labute approximate surface area is 103 Å². The van der Waals surface area contributed by atoms with Crippen LogP contribution in [0.2, 0.25) is 0 Å². The molecule has 4 nitrogen and oxygen atoms in total. The van der Waals surface area contributed by atoms with Crippen molar-refractivity contribution >= 4 is 23.1 Å². The summed E-state index contributed by atoms with van der Waals surface area (Å²) >= 11 is 4.89. The van der Waals surface area contributed by atoms with E-state index in [0.29, 0.717) is 24.6 Å². The second-order valence-electron chi connectivity index (χ2n) is 3.61. The lowest BCUT2D eigenvalue weighted by molar-refractivity contribution is -0.121. The van der Waals surface area contributed by atoms with Crippen LogP contribution in [0.1, 0.15) is 39.5 Å². The van der Waals surface area contributed by atoms with Crippen LogP contribution in [0.5, 0.6) is 0 Å². The Morgan fingerprint density at radius 2 is 2.19 bits per heavy atom. The van der Waals surface area contributed by atoms with E-state index in [-0.39, 0.29) is 11.9 Å². The van der Waals surface area contributed by atoms with Gasteiger partial charge in [0.25, 0.3) is 0 Å². The van der Waals surface area contributed by atoms with Crippen LogP contribution in [0.15, 0.2) is 0 Å². The van der Waals surface area contributed by atoms with Crippen molar-refractivity contribution in [2.45, 2.75) is 45.6 Å². The van der Waals surface area contributed by atoms with Gasteiger partial charge in [-0.2, -0.15) is 0 Å². The largest absolute Gasteiger partial charge is 0.392 e. The molecule has 0 spiro atoms. The third-order valence-electron chi connectivity index (χ3n) is 2.15. The summed E-state index contributed by atoms with van der Waals surface area (Å²) in [5.41, 5.74) is 5.54. The highest BCUT2D eigenvalue weighted by Gasteiger charge is 2.13. The van der Waals surface area contributed by atoms with Crippen LogP contribution in [-0.2, 0) is 9.53 Å². The highest BCUT2D eigenvalue weighted by Crippen LogP contribution is 1.99. The summed E-state index contributed by atoms with van der Waals surface area (Å²) in [5, 5.41) is 2.83. The SMILES string of the molecule is CCCC(NC(=O)CCCOCC)C(N)=S. The fraction of sp³-hybridized carbons (Fsp3) is 0.818. The third-order valence-corrected chi connectivity index (χ3v) is 2.44. The van der Waals surface area contributed by atoms with Crippen LogP contribution in [0.4, 0.5) is 0 Å².